The number of pyridine rings is 1. The monoisotopic (exact) mass is 523 g/mol. The van der Waals surface area contributed by atoms with Gasteiger partial charge in [-0.1, -0.05) is 30.4 Å². The number of sulfonamides is 1. The van der Waals surface area contributed by atoms with E-state index in [0.29, 0.717) is 48.9 Å². The lowest BCUT2D eigenvalue weighted by molar-refractivity contribution is -0.605. The molecule has 2 aromatic carbocycles. The molecular weight excluding hydrogens is 494 g/mol. The number of nitrogens with zero attached hydrogens (tertiary/aromatic N) is 3. The molecule has 9 nitrogen and oxygen atoms in total. The number of carbonyl (C=O) groups excluding carboxylic acids is 1. The Morgan fingerprint density at radius 3 is 2.41 bits per heavy atom. The van der Waals surface area contributed by atoms with E-state index in [0.717, 1.165) is 9.87 Å². The van der Waals surface area contributed by atoms with Gasteiger partial charge in [0, 0.05) is 38.2 Å². The third-order valence-electron chi connectivity index (χ3n) is 6.01. The van der Waals surface area contributed by atoms with Crippen LogP contribution in [0, 0.1) is 5.21 Å². The fourth-order valence-electron chi connectivity index (χ4n) is 3.97. The van der Waals surface area contributed by atoms with E-state index in [-0.39, 0.29) is 17.0 Å². The average molecular weight is 524 g/mol. The summed E-state index contributed by atoms with van der Waals surface area (Å²) in [7, 11) is -2.74. The SMILES string of the molecule is COc1ccc(S(=O)(=O)N(C(=O)CCN2CCOCC2)c2ccccc2/C=C/c2cc[n+]([O-])cc2)cc1. The first-order chi connectivity index (χ1) is 17.9. The molecule has 194 valence electrons. The number of hydrogen-bond acceptors (Lipinski definition) is 7. The maximum atomic E-state index is 13.9. The smallest absolute Gasteiger partial charge is 0.270 e. The summed E-state index contributed by atoms with van der Waals surface area (Å²) in [5.74, 6) is -0.0231. The number of amides is 1. The maximum Gasteiger partial charge on any atom is 0.270 e. The van der Waals surface area contributed by atoms with Gasteiger partial charge >= 0.3 is 0 Å². The number of rotatable bonds is 9. The van der Waals surface area contributed by atoms with E-state index in [1.165, 1.54) is 31.6 Å². The minimum atomic E-state index is -4.24. The number of aromatic nitrogens is 1. The van der Waals surface area contributed by atoms with E-state index in [1.54, 1.807) is 60.7 Å². The molecule has 4 rings (SSSR count). The molecule has 37 heavy (non-hydrogen) atoms. The van der Waals surface area contributed by atoms with E-state index in [4.69, 9.17) is 9.47 Å². The molecule has 0 saturated carbocycles. The average Bonchev–Trinajstić information content (AvgIpc) is 2.93. The number of methoxy groups -OCH3 is 1. The highest BCUT2D eigenvalue weighted by Crippen LogP contribution is 2.30. The molecule has 3 aromatic rings. The first-order valence-electron chi connectivity index (χ1n) is 11.9. The molecule has 0 bridgehead atoms. The number of para-hydroxylation sites is 1. The minimum Gasteiger partial charge on any atom is -0.619 e. The molecule has 1 saturated heterocycles. The minimum absolute atomic E-state index is 0.0186. The predicted octanol–water partition coefficient (Wildman–Crippen LogP) is 2.94. The summed E-state index contributed by atoms with van der Waals surface area (Å²) < 4.78 is 39.8. The van der Waals surface area contributed by atoms with Crippen molar-refractivity contribution in [3.8, 4) is 5.75 Å². The number of morpholine rings is 1. The molecule has 1 amide bonds. The number of anilines is 1. The van der Waals surface area contributed by atoms with Crippen molar-refractivity contribution in [2.24, 2.45) is 0 Å². The van der Waals surface area contributed by atoms with E-state index < -0.39 is 15.9 Å². The molecule has 2 heterocycles. The molecule has 1 aromatic heterocycles. The van der Waals surface area contributed by atoms with E-state index in [9.17, 15) is 18.4 Å². The van der Waals surface area contributed by atoms with Crippen molar-refractivity contribution < 1.29 is 27.4 Å². The molecule has 0 spiro atoms. The normalized spacial score (nSPS) is 14.5. The predicted molar refractivity (Wildman–Crippen MR) is 140 cm³/mol. The van der Waals surface area contributed by atoms with Crippen LogP contribution in [0.2, 0.25) is 0 Å². The van der Waals surface area contributed by atoms with Crippen LogP contribution >= 0.6 is 0 Å². The molecule has 10 heteroatoms. The van der Waals surface area contributed by atoms with Crippen LogP contribution in [0.15, 0.2) is 78.0 Å². The molecule has 0 aliphatic carbocycles. The van der Waals surface area contributed by atoms with Crippen molar-refractivity contribution in [2.75, 3.05) is 44.3 Å². The molecule has 1 aliphatic rings. The van der Waals surface area contributed by atoms with Crippen LogP contribution < -0.4 is 13.8 Å². The highest BCUT2D eigenvalue weighted by atomic mass is 32.2. The van der Waals surface area contributed by atoms with Gasteiger partial charge in [-0.25, -0.2) is 12.7 Å². The van der Waals surface area contributed by atoms with Gasteiger partial charge in [0.2, 0.25) is 5.91 Å². The highest BCUT2D eigenvalue weighted by molar-refractivity contribution is 7.93. The molecule has 1 aliphatic heterocycles. The summed E-state index contributed by atoms with van der Waals surface area (Å²) in [5.41, 5.74) is 1.54. The largest absolute Gasteiger partial charge is 0.619 e. The Morgan fingerprint density at radius 1 is 1.05 bits per heavy atom. The Bertz CT molecular complexity index is 1340. The first kappa shape index (κ1) is 26.3. The van der Waals surface area contributed by atoms with Crippen LogP contribution in [0.25, 0.3) is 12.2 Å². The second-order valence-corrected chi connectivity index (χ2v) is 10.2. The summed E-state index contributed by atoms with van der Waals surface area (Å²) in [6.45, 7) is 2.98. The van der Waals surface area contributed by atoms with Crippen LogP contribution in [0.1, 0.15) is 17.5 Å². The van der Waals surface area contributed by atoms with Crippen LogP contribution in [-0.4, -0.2) is 59.2 Å². The van der Waals surface area contributed by atoms with Crippen molar-refractivity contribution in [1.29, 1.82) is 0 Å². The van der Waals surface area contributed by atoms with Gasteiger partial charge in [-0.15, -0.1) is 0 Å². The summed E-state index contributed by atoms with van der Waals surface area (Å²) in [6.07, 6.45) is 6.26. The van der Waals surface area contributed by atoms with Gasteiger partial charge < -0.3 is 14.7 Å². The van der Waals surface area contributed by atoms with Gasteiger partial charge in [-0.2, -0.15) is 4.73 Å². The molecule has 0 unspecified atom stereocenters. The Kier molecular flexibility index (Phi) is 8.54. The second kappa shape index (κ2) is 12.0. The Hall–Kier alpha value is -3.73. The van der Waals surface area contributed by atoms with Gasteiger partial charge in [0.05, 0.1) is 30.9 Å². The van der Waals surface area contributed by atoms with E-state index in [2.05, 4.69) is 4.90 Å². The summed E-state index contributed by atoms with van der Waals surface area (Å²) in [6, 6.07) is 16.1. The lowest BCUT2D eigenvalue weighted by Crippen LogP contribution is -2.42. The highest BCUT2D eigenvalue weighted by Gasteiger charge is 2.32. The number of benzene rings is 2. The van der Waals surface area contributed by atoms with Crippen LogP contribution in [0.4, 0.5) is 5.69 Å². The third-order valence-corrected chi connectivity index (χ3v) is 7.76. The van der Waals surface area contributed by atoms with E-state index in [1.807, 2.05) is 0 Å². The maximum absolute atomic E-state index is 13.9. The second-order valence-electron chi connectivity index (χ2n) is 8.43. The van der Waals surface area contributed by atoms with Gasteiger partial charge in [0.25, 0.3) is 10.0 Å². The van der Waals surface area contributed by atoms with Crippen LogP contribution in [0.5, 0.6) is 5.75 Å². The Labute approximate surface area is 216 Å². The molecular formula is C27H29N3O6S. The van der Waals surface area contributed by atoms with Crippen molar-refractivity contribution >= 4 is 33.8 Å². The van der Waals surface area contributed by atoms with Crippen molar-refractivity contribution in [1.82, 2.24) is 4.90 Å². The number of carbonyl (C=O) groups is 1. The van der Waals surface area contributed by atoms with Crippen molar-refractivity contribution in [2.45, 2.75) is 11.3 Å². The lowest BCUT2D eigenvalue weighted by Gasteiger charge is -2.28. The Morgan fingerprint density at radius 2 is 1.73 bits per heavy atom. The van der Waals surface area contributed by atoms with E-state index >= 15 is 0 Å². The van der Waals surface area contributed by atoms with Gasteiger partial charge in [0.15, 0.2) is 12.4 Å². The lowest BCUT2D eigenvalue weighted by atomic mass is 10.1. The quantitative estimate of drug-likeness (QED) is 0.314. The topological polar surface area (TPSA) is 103 Å². The first-order valence-corrected chi connectivity index (χ1v) is 13.3. The Balaban J connectivity index is 1.70. The zero-order valence-corrected chi connectivity index (χ0v) is 21.3. The number of hydrogen-bond donors (Lipinski definition) is 0. The van der Waals surface area contributed by atoms with Crippen molar-refractivity contribution in [3.63, 3.8) is 0 Å². The molecule has 0 radical (unpaired) electrons. The molecule has 0 N–H and O–H groups in total. The zero-order valence-electron chi connectivity index (χ0n) is 20.5. The third kappa shape index (κ3) is 6.53. The summed E-state index contributed by atoms with van der Waals surface area (Å²) in [4.78, 5) is 15.7. The van der Waals surface area contributed by atoms with Gasteiger partial charge in [-0.3, -0.25) is 9.69 Å². The van der Waals surface area contributed by atoms with Crippen LogP contribution in [-0.2, 0) is 19.6 Å². The fraction of sp³-hybridized carbons (Fsp3) is 0.259. The fourth-order valence-corrected chi connectivity index (χ4v) is 5.44. The van der Waals surface area contributed by atoms with Gasteiger partial charge in [0.1, 0.15) is 5.75 Å². The molecule has 0 atom stereocenters. The zero-order chi connectivity index (χ0) is 26.3. The standard InChI is InChI=1S/C27H29N3O6S/c1-35-24-8-10-25(11-9-24)37(33,34)30(27(31)14-15-28-18-20-36-21-19-28)26-5-3-2-4-23(26)7-6-22-12-16-29(32)17-13-22/h2-13,16-17H,14-15,18-21H2,1H3/b7-6+. The summed E-state index contributed by atoms with van der Waals surface area (Å²) >= 11 is 0. The van der Waals surface area contributed by atoms with Crippen LogP contribution in [0.3, 0.4) is 0 Å². The molecule has 1 fully saturated rings. The number of ether oxygens (including phenoxy) is 2. The van der Waals surface area contributed by atoms with Gasteiger partial charge in [-0.05, 0) is 41.5 Å². The van der Waals surface area contributed by atoms with Crippen molar-refractivity contribution in [3.05, 3.63) is 89.4 Å². The summed E-state index contributed by atoms with van der Waals surface area (Å²) in [5, 5.41) is 11.3.